The fourth-order valence-electron chi connectivity index (χ4n) is 2.35. The molecule has 1 aromatic heterocycles. The third-order valence-electron chi connectivity index (χ3n) is 3.42. The van der Waals surface area contributed by atoms with Gasteiger partial charge in [0.2, 0.25) is 0 Å². The Balaban J connectivity index is 2.31. The van der Waals surface area contributed by atoms with Gasteiger partial charge in [0.15, 0.2) is 0 Å². The first-order valence-corrected chi connectivity index (χ1v) is 7.32. The van der Waals surface area contributed by atoms with E-state index in [0.29, 0.717) is 5.02 Å². The average Bonchev–Trinajstić information content (AvgIpc) is 2.40. The van der Waals surface area contributed by atoms with Crippen molar-refractivity contribution in [2.24, 2.45) is 0 Å². The number of pyridine rings is 1. The number of nitrogens with zero attached hydrogens (tertiary/aromatic N) is 1. The van der Waals surface area contributed by atoms with Gasteiger partial charge in [0, 0.05) is 27.5 Å². The van der Waals surface area contributed by atoms with Gasteiger partial charge in [-0.2, -0.15) is 0 Å². The molecule has 1 unspecified atom stereocenters. The van der Waals surface area contributed by atoms with Gasteiger partial charge in [-0.25, -0.2) is 0 Å². The minimum atomic E-state index is 0.166. The first-order valence-electron chi connectivity index (χ1n) is 6.56. The molecule has 1 heterocycles. The summed E-state index contributed by atoms with van der Waals surface area (Å²) in [5.74, 6) is 0. The van der Waals surface area contributed by atoms with E-state index >= 15 is 0 Å². The highest BCUT2D eigenvalue weighted by atomic mass is 35.5. The van der Waals surface area contributed by atoms with Gasteiger partial charge in [-0.1, -0.05) is 29.3 Å². The van der Waals surface area contributed by atoms with Gasteiger partial charge >= 0.3 is 0 Å². The van der Waals surface area contributed by atoms with E-state index in [1.165, 1.54) is 5.56 Å². The van der Waals surface area contributed by atoms with Crippen molar-refractivity contribution < 1.29 is 0 Å². The van der Waals surface area contributed by atoms with Gasteiger partial charge in [-0.15, -0.1) is 0 Å². The predicted molar refractivity (Wildman–Crippen MR) is 85.7 cm³/mol. The Labute approximate surface area is 130 Å². The maximum Gasteiger partial charge on any atom is 0.0439 e. The number of hydrogen-bond acceptors (Lipinski definition) is 2. The molecule has 1 N–H and O–H groups in total. The summed E-state index contributed by atoms with van der Waals surface area (Å²) in [6.45, 7) is 4.03. The molecule has 1 atom stereocenters. The van der Waals surface area contributed by atoms with Crippen molar-refractivity contribution in [3.8, 4) is 0 Å². The Kier molecular flexibility index (Phi) is 5.03. The van der Waals surface area contributed by atoms with Crippen LogP contribution in [0.4, 0.5) is 0 Å². The number of likely N-dealkylation sites (N-methyl/N-ethyl adjacent to an activating group) is 1. The predicted octanol–water partition coefficient (Wildman–Crippen LogP) is 4.51. The van der Waals surface area contributed by atoms with Crippen molar-refractivity contribution in [3.63, 3.8) is 0 Å². The van der Waals surface area contributed by atoms with E-state index in [9.17, 15) is 0 Å². The van der Waals surface area contributed by atoms with E-state index in [1.807, 2.05) is 39.1 Å². The first kappa shape index (κ1) is 15.3. The van der Waals surface area contributed by atoms with Gasteiger partial charge in [0.1, 0.15) is 0 Å². The molecule has 20 heavy (non-hydrogen) atoms. The van der Waals surface area contributed by atoms with E-state index in [0.717, 1.165) is 28.4 Å². The smallest absolute Gasteiger partial charge is 0.0439 e. The summed E-state index contributed by atoms with van der Waals surface area (Å²) in [7, 11) is 1.95. The van der Waals surface area contributed by atoms with Gasteiger partial charge in [-0.05, 0) is 62.7 Å². The van der Waals surface area contributed by atoms with Crippen LogP contribution in [-0.2, 0) is 6.42 Å². The van der Waals surface area contributed by atoms with Crippen molar-refractivity contribution in [3.05, 3.63) is 62.9 Å². The Hall–Kier alpha value is -1.09. The summed E-state index contributed by atoms with van der Waals surface area (Å²) in [4.78, 5) is 4.52. The molecule has 0 bridgehead atoms. The second-order valence-electron chi connectivity index (χ2n) is 4.91. The number of benzene rings is 1. The van der Waals surface area contributed by atoms with Crippen molar-refractivity contribution >= 4 is 23.2 Å². The van der Waals surface area contributed by atoms with Crippen LogP contribution in [0.2, 0.25) is 10.0 Å². The minimum absolute atomic E-state index is 0.166. The van der Waals surface area contributed by atoms with Crippen LogP contribution < -0.4 is 5.32 Å². The van der Waals surface area contributed by atoms with E-state index in [1.54, 1.807) is 6.07 Å². The van der Waals surface area contributed by atoms with Crippen molar-refractivity contribution in [2.75, 3.05) is 7.05 Å². The van der Waals surface area contributed by atoms with E-state index in [4.69, 9.17) is 23.2 Å². The topological polar surface area (TPSA) is 24.9 Å². The Morgan fingerprint density at radius 2 is 1.90 bits per heavy atom. The van der Waals surface area contributed by atoms with Gasteiger partial charge in [0.25, 0.3) is 0 Å². The number of hydrogen-bond donors (Lipinski definition) is 1. The van der Waals surface area contributed by atoms with Crippen LogP contribution in [0.3, 0.4) is 0 Å². The van der Waals surface area contributed by atoms with Crippen LogP contribution in [0.5, 0.6) is 0 Å². The third kappa shape index (κ3) is 3.51. The van der Waals surface area contributed by atoms with E-state index in [2.05, 4.69) is 16.4 Å². The van der Waals surface area contributed by atoms with Crippen LogP contribution in [-0.4, -0.2) is 12.0 Å². The zero-order valence-electron chi connectivity index (χ0n) is 11.9. The van der Waals surface area contributed by atoms with Crippen molar-refractivity contribution in [1.29, 1.82) is 0 Å². The first-order chi connectivity index (χ1) is 9.51. The molecular weight excluding hydrogens is 291 g/mol. The molecule has 2 nitrogen and oxygen atoms in total. The summed E-state index contributed by atoms with van der Waals surface area (Å²) in [6, 6.07) is 9.89. The lowest BCUT2D eigenvalue weighted by atomic mass is 9.97. The molecule has 106 valence electrons. The van der Waals surface area contributed by atoms with Crippen molar-refractivity contribution in [1.82, 2.24) is 10.3 Å². The lowest BCUT2D eigenvalue weighted by molar-refractivity contribution is 0.585. The van der Waals surface area contributed by atoms with Crippen LogP contribution in [0, 0.1) is 13.8 Å². The SMILES string of the molecule is CNC(Cc1cc(Cl)ccc1Cl)c1ccc(C)nc1C. The molecular formula is C16H18Cl2N2. The summed E-state index contributed by atoms with van der Waals surface area (Å²) in [6.07, 6.45) is 0.779. The summed E-state index contributed by atoms with van der Waals surface area (Å²) in [5.41, 5.74) is 4.30. The van der Waals surface area contributed by atoms with Crippen LogP contribution >= 0.6 is 23.2 Å². The lowest BCUT2D eigenvalue weighted by Crippen LogP contribution is -2.20. The lowest BCUT2D eigenvalue weighted by Gasteiger charge is -2.19. The zero-order valence-corrected chi connectivity index (χ0v) is 13.4. The average molecular weight is 309 g/mol. The Morgan fingerprint density at radius 1 is 1.15 bits per heavy atom. The number of halogens is 2. The molecule has 0 spiro atoms. The highest BCUT2D eigenvalue weighted by molar-refractivity contribution is 6.33. The zero-order chi connectivity index (χ0) is 14.7. The molecule has 0 aliphatic carbocycles. The maximum absolute atomic E-state index is 6.25. The van der Waals surface area contributed by atoms with Gasteiger partial charge in [0.05, 0.1) is 0 Å². The second-order valence-corrected chi connectivity index (χ2v) is 5.75. The van der Waals surface area contributed by atoms with E-state index in [-0.39, 0.29) is 6.04 Å². The molecule has 0 radical (unpaired) electrons. The second kappa shape index (κ2) is 6.57. The molecule has 4 heteroatoms. The third-order valence-corrected chi connectivity index (χ3v) is 4.03. The highest BCUT2D eigenvalue weighted by Gasteiger charge is 2.15. The quantitative estimate of drug-likeness (QED) is 0.899. The fourth-order valence-corrected chi connectivity index (χ4v) is 2.74. The Bertz CT molecular complexity index is 611. The van der Waals surface area contributed by atoms with Crippen LogP contribution in [0.25, 0.3) is 0 Å². The minimum Gasteiger partial charge on any atom is -0.313 e. The molecule has 0 aliphatic rings. The summed E-state index contributed by atoms with van der Waals surface area (Å²) >= 11 is 12.3. The number of aryl methyl sites for hydroxylation is 2. The molecule has 2 rings (SSSR count). The van der Waals surface area contributed by atoms with Crippen molar-refractivity contribution in [2.45, 2.75) is 26.3 Å². The monoisotopic (exact) mass is 308 g/mol. The molecule has 0 aliphatic heterocycles. The van der Waals surface area contributed by atoms with Gasteiger partial charge in [-0.3, -0.25) is 4.98 Å². The molecule has 2 aromatic rings. The molecule has 0 fully saturated rings. The maximum atomic E-state index is 6.25. The van der Waals surface area contributed by atoms with E-state index < -0.39 is 0 Å². The molecule has 0 amide bonds. The number of rotatable bonds is 4. The summed E-state index contributed by atoms with van der Waals surface area (Å²) < 4.78 is 0. The van der Waals surface area contributed by atoms with Crippen LogP contribution in [0.15, 0.2) is 30.3 Å². The van der Waals surface area contributed by atoms with Crippen LogP contribution in [0.1, 0.15) is 28.6 Å². The number of nitrogens with one attached hydrogen (secondary N) is 1. The number of aromatic nitrogens is 1. The normalized spacial score (nSPS) is 12.4. The highest BCUT2D eigenvalue weighted by Crippen LogP contribution is 2.27. The fraction of sp³-hybridized carbons (Fsp3) is 0.312. The van der Waals surface area contributed by atoms with Gasteiger partial charge < -0.3 is 5.32 Å². The standard InChI is InChI=1S/C16H18Cl2N2/c1-10-4-6-14(11(2)20-10)16(19-3)9-12-8-13(17)5-7-15(12)18/h4-8,16,19H,9H2,1-3H3. The largest absolute Gasteiger partial charge is 0.313 e. The molecule has 1 aromatic carbocycles. The molecule has 0 saturated heterocycles. The Morgan fingerprint density at radius 3 is 2.55 bits per heavy atom. The molecule has 0 saturated carbocycles. The summed E-state index contributed by atoms with van der Waals surface area (Å²) in [5, 5.41) is 4.78.